The molecule has 22 heavy (non-hydrogen) atoms. The minimum atomic E-state index is -0.639. The van der Waals surface area contributed by atoms with Crippen LogP contribution in [0.25, 0.3) is 0 Å². The van der Waals surface area contributed by atoms with Crippen LogP contribution in [0.5, 0.6) is 5.75 Å². The van der Waals surface area contributed by atoms with Crippen molar-refractivity contribution in [2.75, 3.05) is 19.8 Å². The lowest BCUT2D eigenvalue weighted by Crippen LogP contribution is -2.42. The van der Waals surface area contributed by atoms with Crippen molar-refractivity contribution in [1.82, 2.24) is 5.32 Å². The summed E-state index contributed by atoms with van der Waals surface area (Å²) in [5.74, 6) is 0.126. The lowest BCUT2D eigenvalue weighted by atomic mass is 10.0. The highest BCUT2D eigenvalue weighted by molar-refractivity contribution is 5.95. The molecule has 0 bridgehead atoms. The summed E-state index contributed by atoms with van der Waals surface area (Å²) in [6.07, 6.45) is 0.0616. The summed E-state index contributed by atoms with van der Waals surface area (Å²) in [7, 11) is 0. The second kappa shape index (κ2) is 7.81. The number of ether oxygens (including phenoxy) is 2. The maximum absolute atomic E-state index is 11.8. The van der Waals surface area contributed by atoms with E-state index in [1.807, 2.05) is 32.9 Å². The van der Waals surface area contributed by atoms with Gasteiger partial charge in [-0.25, -0.2) is 4.79 Å². The number of carbonyl (C=O) groups is 1. The first-order chi connectivity index (χ1) is 9.87. The Hall–Kier alpha value is -1.30. The fourth-order valence-corrected chi connectivity index (χ4v) is 2.13. The van der Waals surface area contributed by atoms with E-state index in [4.69, 9.17) is 9.47 Å². The highest BCUT2D eigenvalue weighted by atomic mass is 35.5. The molecule has 0 radical (unpaired) electrons. The summed E-state index contributed by atoms with van der Waals surface area (Å²) in [5, 5.41) is 13.1. The zero-order valence-electron chi connectivity index (χ0n) is 13.2. The maximum atomic E-state index is 11.8. The lowest BCUT2D eigenvalue weighted by molar-refractivity contribution is 0.0467. The van der Waals surface area contributed by atoms with Gasteiger partial charge in [0.1, 0.15) is 24.0 Å². The molecule has 5 nitrogen and oxygen atoms in total. The third kappa shape index (κ3) is 5.16. The number of aliphatic hydroxyl groups excluding tert-OH is 1. The van der Waals surface area contributed by atoms with Crippen molar-refractivity contribution in [2.45, 2.75) is 38.8 Å². The Labute approximate surface area is 137 Å². The summed E-state index contributed by atoms with van der Waals surface area (Å²) in [5.41, 5.74) is 1.36. The summed E-state index contributed by atoms with van der Waals surface area (Å²) in [4.78, 5) is 11.8. The number of rotatable bonds is 5. The minimum absolute atomic E-state index is 0. The fraction of sp³-hybridized carbons (Fsp3) is 0.562. The highest BCUT2D eigenvalue weighted by Gasteiger charge is 2.23. The van der Waals surface area contributed by atoms with E-state index in [2.05, 4.69) is 5.32 Å². The van der Waals surface area contributed by atoms with Gasteiger partial charge in [0.25, 0.3) is 0 Å². The molecule has 1 heterocycles. The lowest BCUT2D eigenvalue weighted by Gasteiger charge is -2.23. The van der Waals surface area contributed by atoms with Gasteiger partial charge in [-0.2, -0.15) is 0 Å². The smallest absolute Gasteiger partial charge is 0.342 e. The number of nitrogens with one attached hydrogen (secondary N) is 1. The van der Waals surface area contributed by atoms with Gasteiger partial charge >= 0.3 is 5.97 Å². The first kappa shape index (κ1) is 18.7. The van der Waals surface area contributed by atoms with Gasteiger partial charge < -0.3 is 19.9 Å². The highest BCUT2D eigenvalue weighted by Crippen LogP contribution is 2.27. The molecule has 1 aliphatic heterocycles. The molecule has 2 N–H and O–H groups in total. The van der Waals surface area contributed by atoms with Crippen LogP contribution in [0.3, 0.4) is 0 Å². The molecular weight excluding hydrogens is 306 g/mol. The third-order valence-corrected chi connectivity index (χ3v) is 3.22. The number of halogens is 1. The summed E-state index contributed by atoms with van der Waals surface area (Å²) in [6, 6.07) is 5.49. The largest absolute Gasteiger partial charge is 0.490 e. The monoisotopic (exact) mass is 329 g/mol. The Morgan fingerprint density at radius 1 is 1.41 bits per heavy atom. The molecular formula is C16H24ClNO4. The predicted octanol–water partition coefficient (Wildman–Crippen LogP) is 1.95. The SMILES string of the molecule is CC(C)(C)NCC(O)COc1cccc2c1C(=O)OCC2.Cl. The van der Waals surface area contributed by atoms with Crippen molar-refractivity contribution in [1.29, 1.82) is 0 Å². The van der Waals surface area contributed by atoms with Gasteiger partial charge in [-0.15, -0.1) is 12.4 Å². The zero-order valence-corrected chi connectivity index (χ0v) is 14.0. The third-order valence-electron chi connectivity index (χ3n) is 3.22. The van der Waals surface area contributed by atoms with Crippen molar-refractivity contribution >= 4 is 18.4 Å². The first-order valence-corrected chi connectivity index (χ1v) is 7.22. The predicted molar refractivity (Wildman–Crippen MR) is 86.9 cm³/mol. The van der Waals surface area contributed by atoms with Crippen LogP contribution in [0.4, 0.5) is 0 Å². The number of esters is 1. The molecule has 0 aliphatic carbocycles. The summed E-state index contributed by atoms with van der Waals surface area (Å²) >= 11 is 0. The Morgan fingerprint density at radius 3 is 2.82 bits per heavy atom. The molecule has 0 saturated carbocycles. The number of benzene rings is 1. The van der Waals surface area contributed by atoms with E-state index in [0.29, 0.717) is 30.9 Å². The molecule has 0 spiro atoms. The quantitative estimate of drug-likeness (QED) is 0.808. The van der Waals surface area contributed by atoms with Crippen LogP contribution in [0.15, 0.2) is 18.2 Å². The van der Waals surface area contributed by atoms with E-state index in [1.165, 1.54) is 0 Å². The molecule has 1 aromatic rings. The Balaban J connectivity index is 0.00000242. The molecule has 0 fully saturated rings. The minimum Gasteiger partial charge on any atom is -0.490 e. The van der Waals surface area contributed by atoms with E-state index in [0.717, 1.165) is 5.56 Å². The van der Waals surface area contributed by atoms with Crippen LogP contribution >= 0.6 is 12.4 Å². The van der Waals surface area contributed by atoms with Crippen LogP contribution in [0.2, 0.25) is 0 Å². The molecule has 2 rings (SSSR count). The van der Waals surface area contributed by atoms with E-state index in [9.17, 15) is 9.90 Å². The molecule has 0 amide bonds. The molecule has 1 aromatic carbocycles. The zero-order chi connectivity index (χ0) is 15.5. The van der Waals surface area contributed by atoms with Crippen LogP contribution in [-0.4, -0.2) is 42.5 Å². The molecule has 6 heteroatoms. The van der Waals surface area contributed by atoms with Crippen molar-refractivity contribution in [2.24, 2.45) is 0 Å². The van der Waals surface area contributed by atoms with E-state index >= 15 is 0 Å². The molecule has 0 saturated heterocycles. The van der Waals surface area contributed by atoms with Crippen LogP contribution < -0.4 is 10.1 Å². The normalized spacial score (nSPS) is 15.4. The van der Waals surface area contributed by atoms with Gasteiger partial charge in [-0.3, -0.25) is 0 Å². The van der Waals surface area contributed by atoms with Gasteiger partial charge in [0.2, 0.25) is 0 Å². The second-order valence-electron chi connectivity index (χ2n) is 6.27. The second-order valence-corrected chi connectivity index (χ2v) is 6.27. The number of aliphatic hydroxyl groups is 1. The first-order valence-electron chi connectivity index (χ1n) is 7.22. The Kier molecular flexibility index (Phi) is 6.66. The average Bonchev–Trinajstić information content (AvgIpc) is 2.42. The van der Waals surface area contributed by atoms with Crippen molar-refractivity contribution in [3.8, 4) is 5.75 Å². The summed E-state index contributed by atoms with van der Waals surface area (Å²) < 4.78 is 10.7. The van der Waals surface area contributed by atoms with Crippen LogP contribution in [-0.2, 0) is 11.2 Å². The molecule has 1 atom stereocenters. The molecule has 0 aromatic heterocycles. The number of carbonyl (C=O) groups excluding carboxylic acids is 1. The van der Waals surface area contributed by atoms with E-state index < -0.39 is 6.10 Å². The number of β-amino-alcohol motifs (C(OH)–C–C–N with tert-alkyl or cyclic N) is 1. The van der Waals surface area contributed by atoms with Crippen molar-refractivity contribution in [3.63, 3.8) is 0 Å². The topological polar surface area (TPSA) is 67.8 Å². The van der Waals surface area contributed by atoms with Gasteiger partial charge in [-0.05, 0) is 32.4 Å². The van der Waals surface area contributed by atoms with Gasteiger partial charge in [0.05, 0.1) is 6.61 Å². The average molecular weight is 330 g/mol. The van der Waals surface area contributed by atoms with E-state index in [-0.39, 0.29) is 30.5 Å². The number of hydrogen-bond acceptors (Lipinski definition) is 5. The van der Waals surface area contributed by atoms with Gasteiger partial charge in [0, 0.05) is 18.5 Å². The van der Waals surface area contributed by atoms with Crippen LogP contribution in [0.1, 0.15) is 36.7 Å². The summed E-state index contributed by atoms with van der Waals surface area (Å²) in [6.45, 7) is 7.07. The van der Waals surface area contributed by atoms with Crippen molar-refractivity contribution in [3.05, 3.63) is 29.3 Å². The maximum Gasteiger partial charge on any atom is 0.342 e. The molecule has 124 valence electrons. The molecule has 1 unspecified atom stereocenters. The molecule has 1 aliphatic rings. The van der Waals surface area contributed by atoms with E-state index in [1.54, 1.807) is 6.07 Å². The number of fused-ring (bicyclic) bond motifs is 1. The van der Waals surface area contributed by atoms with Crippen molar-refractivity contribution < 1.29 is 19.4 Å². The number of hydrogen-bond donors (Lipinski definition) is 2. The Bertz CT molecular complexity index is 513. The standard InChI is InChI=1S/C16H23NO4.ClH/c1-16(2,3)17-9-12(18)10-21-13-6-4-5-11-7-8-20-15(19)14(11)13;/h4-6,12,17-18H,7-10H2,1-3H3;1H. The van der Waals surface area contributed by atoms with Gasteiger partial charge in [-0.1, -0.05) is 12.1 Å². The Morgan fingerprint density at radius 2 is 2.14 bits per heavy atom. The fourth-order valence-electron chi connectivity index (χ4n) is 2.13. The van der Waals surface area contributed by atoms with Gasteiger partial charge in [0.15, 0.2) is 0 Å². The number of cyclic esters (lactones) is 1. The van der Waals surface area contributed by atoms with Crippen LogP contribution in [0, 0.1) is 0 Å².